The molecule has 25 heavy (non-hydrogen) atoms. The lowest BCUT2D eigenvalue weighted by atomic mass is 10.1. The lowest BCUT2D eigenvalue weighted by Crippen LogP contribution is -2.38. The number of hydrogen-bond donors (Lipinski definition) is 0. The van der Waals surface area contributed by atoms with Crippen molar-refractivity contribution in [3.8, 4) is 5.75 Å². The standard InChI is InChI=1S/C19H18N2O4/c1-25-16-9-7-15(8-10-16)18(23)21-12-11-20(19(21)24)13-17(22)14-5-3-2-4-6-14/h2-10H,11-13H2,1H3. The van der Waals surface area contributed by atoms with Crippen molar-refractivity contribution >= 4 is 17.7 Å². The Morgan fingerprint density at radius 3 is 2.28 bits per heavy atom. The van der Waals surface area contributed by atoms with Crippen molar-refractivity contribution in [1.29, 1.82) is 0 Å². The first-order chi connectivity index (χ1) is 12.1. The molecule has 2 aromatic carbocycles. The van der Waals surface area contributed by atoms with Crippen LogP contribution in [0.3, 0.4) is 0 Å². The molecule has 0 unspecified atom stereocenters. The van der Waals surface area contributed by atoms with Gasteiger partial charge in [-0.1, -0.05) is 30.3 Å². The second kappa shape index (κ2) is 7.17. The molecule has 1 fully saturated rings. The van der Waals surface area contributed by atoms with Crippen molar-refractivity contribution in [2.24, 2.45) is 0 Å². The Hall–Kier alpha value is -3.15. The maximum Gasteiger partial charge on any atom is 0.327 e. The van der Waals surface area contributed by atoms with Gasteiger partial charge >= 0.3 is 6.03 Å². The minimum atomic E-state index is -0.440. The van der Waals surface area contributed by atoms with E-state index in [-0.39, 0.29) is 24.8 Å². The third-order valence-electron chi connectivity index (χ3n) is 4.11. The van der Waals surface area contributed by atoms with E-state index in [2.05, 4.69) is 0 Å². The van der Waals surface area contributed by atoms with Crippen LogP contribution in [0, 0.1) is 0 Å². The highest BCUT2D eigenvalue weighted by molar-refractivity contribution is 6.06. The topological polar surface area (TPSA) is 66.9 Å². The van der Waals surface area contributed by atoms with Gasteiger partial charge in [0.1, 0.15) is 5.75 Å². The van der Waals surface area contributed by atoms with Crippen molar-refractivity contribution < 1.29 is 19.1 Å². The molecule has 1 aliphatic heterocycles. The predicted molar refractivity (Wildman–Crippen MR) is 91.8 cm³/mol. The molecule has 0 atom stereocenters. The van der Waals surface area contributed by atoms with Crippen LogP contribution in [-0.4, -0.2) is 54.3 Å². The number of methoxy groups -OCH3 is 1. The SMILES string of the molecule is COc1ccc(C(=O)N2CCN(CC(=O)c3ccccc3)C2=O)cc1. The number of ether oxygens (including phenoxy) is 1. The second-order valence-corrected chi connectivity index (χ2v) is 5.68. The lowest BCUT2D eigenvalue weighted by molar-refractivity contribution is 0.0815. The molecule has 0 spiro atoms. The summed E-state index contributed by atoms with van der Waals surface area (Å²) in [4.78, 5) is 39.8. The second-order valence-electron chi connectivity index (χ2n) is 5.68. The summed E-state index contributed by atoms with van der Waals surface area (Å²) in [7, 11) is 1.54. The average Bonchev–Trinajstić information content (AvgIpc) is 3.02. The van der Waals surface area contributed by atoms with Gasteiger partial charge in [-0.2, -0.15) is 0 Å². The van der Waals surface area contributed by atoms with Crippen LogP contribution in [0.2, 0.25) is 0 Å². The highest BCUT2D eigenvalue weighted by atomic mass is 16.5. The molecule has 0 N–H and O–H groups in total. The summed E-state index contributed by atoms with van der Waals surface area (Å²) in [6.07, 6.45) is 0. The molecule has 0 saturated carbocycles. The number of rotatable bonds is 5. The monoisotopic (exact) mass is 338 g/mol. The Balaban J connectivity index is 1.66. The van der Waals surface area contributed by atoms with E-state index in [1.165, 1.54) is 9.80 Å². The molecular weight excluding hydrogens is 320 g/mol. The Labute approximate surface area is 145 Å². The third-order valence-corrected chi connectivity index (χ3v) is 4.11. The van der Waals surface area contributed by atoms with Crippen molar-refractivity contribution in [2.75, 3.05) is 26.7 Å². The van der Waals surface area contributed by atoms with Crippen LogP contribution < -0.4 is 4.74 Å². The molecule has 0 aliphatic carbocycles. The zero-order valence-electron chi connectivity index (χ0n) is 13.8. The van der Waals surface area contributed by atoms with E-state index in [1.807, 2.05) is 6.07 Å². The van der Waals surface area contributed by atoms with Gasteiger partial charge in [0.25, 0.3) is 5.91 Å². The van der Waals surface area contributed by atoms with E-state index < -0.39 is 6.03 Å². The minimum absolute atomic E-state index is 0.0325. The summed E-state index contributed by atoms with van der Waals surface area (Å²) in [5.41, 5.74) is 0.959. The first-order valence-electron chi connectivity index (χ1n) is 7.93. The van der Waals surface area contributed by atoms with Crippen LogP contribution >= 0.6 is 0 Å². The number of imide groups is 1. The van der Waals surface area contributed by atoms with E-state index in [0.29, 0.717) is 23.4 Å². The van der Waals surface area contributed by atoms with Crippen molar-refractivity contribution in [1.82, 2.24) is 9.80 Å². The van der Waals surface area contributed by atoms with Crippen LogP contribution in [0.1, 0.15) is 20.7 Å². The molecule has 0 radical (unpaired) electrons. The fourth-order valence-electron chi connectivity index (χ4n) is 2.70. The van der Waals surface area contributed by atoms with Crippen molar-refractivity contribution in [2.45, 2.75) is 0 Å². The fourth-order valence-corrected chi connectivity index (χ4v) is 2.70. The van der Waals surface area contributed by atoms with Gasteiger partial charge < -0.3 is 9.64 Å². The first-order valence-corrected chi connectivity index (χ1v) is 7.93. The largest absolute Gasteiger partial charge is 0.497 e. The van der Waals surface area contributed by atoms with Gasteiger partial charge in [0.2, 0.25) is 0 Å². The number of urea groups is 1. The van der Waals surface area contributed by atoms with Gasteiger partial charge in [-0.15, -0.1) is 0 Å². The zero-order chi connectivity index (χ0) is 17.8. The van der Waals surface area contributed by atoms with Gasteiger partial charge in [0.15, 0.2) is 5.78 Å². The van der Waals surface area contributed by atoms with E-state index in [0.717, 1.165) is 0 Å². The first kappa shape index (κ1) is 16.7. The maximum absolute atomic E-state index is 12.5. The summed E-state index contributed by atoms with van der Waals surface area (Å²) in [5.74, 6) is 0.120. The van der Waals surface area contributed by atoms with Gasteiger partial charge in [-0.3, -0.25) is 14.5 Å². The highest BCUT2D eigenvalue weighted by Gasteiger charge is 2.34. The molecule has 3 rings (SSSR count). The number of amides is 3. The maximum atomic E-state index is 12.5. The number of nitrogens with zero attached hydrogens (tertiary/aromatic N) is 2. The molecule has 1 heterocycles. The third kappa shape index (κ3) is 3.52. The summed E-state index contributed by atoms with van der Waals surface area (Å²) >= 11 is 0. The van der Waals surface area contributed by atoms with Crippen LogP contribution in [-0.2, 0) is 0 Å². The lowest BCUT2D eigenvalue weighted by Gasteiger charge is -2.17. The summed E-state index contributed by atoms with van der Waals surface area (Å²) < 4.78 is 5.06. The summed E-state index contributed by atoms with van der Waals surface area (Å²) in [6, 6.07) is 14.9. The number of Topliss-reactive ketones (excluding diaryl/α,β-unsaturated/α-hetero) is 1. The average molecular weight is 338 g/mol. The molecule has 6 heteroatoms. The fraction of sp³-hybridized carbons (Fsp3) is 0.211. The van der Waals surface area contributed by atoms with Gasteiger partial charge in [-0.05, 0) is 24.3 Å². The Bertz CT molecular complexity index is 787. The van der Waals surface area contributed by atoms with Gasteiger partial charge in [0, 0.05) is 24.2 Å². The predicted octanol–water partition coefficient (Wildman–Crippen LogP) is 2.46. The molecule has 3 amide bonds. The van der Waals surface area contributed by atoms with Crippen LogP contribution in [0.15, 0.2) is 54.6 Å². The molecule has 6 nitrogen and oxygen atoms in total. The van der Waals surface area contributed by atoms with E-state index in [4.69, 9.17) is 4.74 Å². The quantitative estimate of drug-likeness (QED) is 0.786. The van der Waals surface area contributed by atoms with Crippen LogP contribution in [0.25, 0.3) is 0 Å². The van der Waals surface area contributed by atoms with E-state index in [9.17, 15) is 14.4 Å². The number of benzene rings is 2. The Morgan fingerprint density at radius 1 is 0.960 bits per heavy atom. The van der Waals surface area contributed by atoms with Crippen molar-refractivity contribution in [3.63, 3.8) is 0 Å². The molecule has 0 bridgehead atoms. The van der Waals surface area contributed by atoms with Gasteiger partial charge in [0.05, 0.1) is 13.7 Å². The number of carbonyl (C=O) groups is 3. The van der Waals surface area contributed by atoms with Crippen LogP contribution in [0.5, 0.6) is 5.75 Å². The Morgan fingerprint density at radius 2 is 1.64 bits per heavy atom. The molecular formula is C19H18N2O4. The molecule has 2 aromatic rings. The normalized spacial score (nSPS) is 13.9. The summed E-state index contributed by atoms with van der Waals surface area (Å²) in [5, 5.41) is 0. The number of ketones is 1. The molecule has 1 aliphatic rings. The number of carbonyl (C=O) groups excluding carboxylic acids is 3. The van der Waals surface area contributed by atoms with Crippen LogP contribution in [0.4, 0.5) is 4.79 Å². The molecule has 0 aromatic heterocycles. The highest BCUT2D eigenvalue weighted by Crippen LogP contribution is 2.17. The Kier molecular flexibility index (Phi) is 4.79. The van der Waals surface area contributed by atoms with E-state index in [1.54, 1.807) is 55.6 Å². The minimum Gasteiger partial charge on any atom is -0.497 e. The molecule has 128 valence electrons. The summed E-state index contributed by atoms with van der Waals surface area (Å²) in [6.45, 7) is 0.584. The van der Waals surface area contributed by atoms with Gasteiger partial charge in [-0.25, -0.2) is 4.79 Å². The van der Waals surface area contributed by atoms with Crippen molar-refractivity contribution in [3.05, 3.63) is 65.7 Å². The zero-order valence-corrected chi connectivity index (χ0v) is 13.8. The molecule has 1 saturated heterocycles. The number of hydrogen-bond acceptors (Lipinski definition) is 4. The smallest absolute Gasteiger partial charge is 0.327 e. The van der Waals surface area contributed by atoms with E-state index >= 15 is 0 Å².